The van der Waals surface area contributed by atoms with Crippen molar-refractivity contribution in [1.82, 2.24) is 10.2 Å². The van der Waals surface area contributed by atoms with Crippen LogP contribution in [0.25, 0.3) is 0 Å². The molecule has 1 saturated heterocycles. The first kappa shape index (κ1) is 23.5. The summed E-state index contributed by atoms with van der Waals surface area (Å²) in [4.78, 5) is 9.04. The lowest BCUT2D eigenvalue weighted by molar-refractivity contribution is 0.477. The molecule has 0 spiro atoms. The van der Waals surface area contributed by atoms with Gasteiger partial charge in [0.25, 0.3) is 0 Å². The number of anilines is 1. The van der Waals surface area contributed by atoms with E-state index in [0.717, 1.165) is 32.1 Å². The van der Waals surface area contributed by atoms with Crippen LogP contribution in [0.1, 0.15) is 52.5 Å². The van der Waals surface area contributed by atoms with Crippen molar-refractivity contribution in [1.29, 1.82) is 0 Å². The predicted molar refractivity (Wildman–Crippen MR) is 123 cm³/mol. The van der Waals surface area contributed by atoms with Gasteiger partial charge in [-0.3, -0.25) is 4.99 Å². The van der Waals surface area contributed by atoms with Gasteiger partial charge in [0.2, 0.25) is 0 Å². The smallest absolute Gasteiger partial charge is 0.193 e. The first-order valence-corrected chi connectivity index (χ1v) is 12.3. The van der Waals surface area contributed by atoms with Gasteiger partial charge in [-0.1, -0.05) is 12.1 Å². The van der Waals surface area contributed by atoms with Crippen molar-refractivity contribution in [2.24, 2.45) is 4.99 Å². The van der Waals surface area contributed by atoms with Gasteiger partial charge in [-0.05, 0) is 64.7 Å². The van der Waals surface area contributed by atoms with Gasteiger partial charge < -0.3 is 15.1 Å². The molecule has 0 unspecified atom stereocenters. The Labute approximate surface area is 177 Å². The molecule has 1 aromatic rings. The average molecular weight is 423 g/mol. The molecule has 1 aliphatic rings. The fourth-order valence-electron chi connectivity index (χ4n) is 3.36. The molecule has 0 atom stereocenters. The fourth-order valence-corrected chi connectivity index (χ4v) is 4.30. The molecule has 0 saturated carbocycles. The summed E-state index contributed by atoms with van der Waals surface area (Å²) in [6, 6.07) is 8.76. The van der Waals surface area contributed by atoms with Crippen LogP contribution in [-0.4, -0.2) is 63.0 Å². The van der Waals surface area contributed by atoms with E-state index in [1.807, 2.05) is 18.9 Å². The number of guanidine groups is 1. The molecule has 1 N–H and O–H groups in total. The van der Waals surface area contributed by atoms with Crippen LogP contribution < -0.4 is 10.2 Å². The Morgan fingerprint density at radius 2 is 1.76 bits per heavy atom. The summed E-state index contributed by atoms with van der Waals surface area (Å²) in [6.45, 7) is 11.2. The highest BCUT2D eigenvalue weighted by Crippen LogP contribution is 2.20. The highest BCUT2D eigenvalue weighted by Gasteiger charge is 2.28. The fraction of sp³-hybridized carbons (Fsp3) is 0.682. The standard InChI is InChI=1S/C22H38N4O2S/c1-6-23-21(24-14-17-29(27,28)22(2,3)4)25(5)18-19-10-12-20(13-11-19)26-15-8-7-9-16-26/h10-13H,6-9,14-18H2,1-5H3,(H,23,24). The third kappa shape index (κ3) is 6.91. The maximum atomic E-state index is 12.3. The monoisotopic (exact) mass is 422 g/mol. The van der Waals surface area contributed by atoms with Crippen LogP contribution in [-0.2, 0) is 16.4 Å². The van der Waals surface area contributed by atoms with E-state index in [-0.39, 0.29) is 12.3 Å². The summed E-state index contributed by atoms with van der Waals surface area (Å²) < 4.78 is 23.9. The zero-order valence-corrected chi connectivity index (χ0v) is 19.6. The lowest BCUT2D eigenvalue weighted by Gasteiger charge is -2.29. The maximum Gasteiger partial charge on any atom is 0.193 e. The van der Waals surface area contributed by atoms with Crippen molar-refractivity contribution < 1.29 is 8.42 Å². The second kappa shape index (κ2) is 10.3. The molecule has 2 rings (SSSR count). The first-order chi connectivity index (χ1) is 13.6. The maximum absolute atomic E-state index is 12.3. The summed E-state index contributed by atoms with van der Waals surface area (Å²) >= 11 is 0. The van der Waals surface area contributed by atoms with Crippen molar-refractivity contribution >= 4 is 21.5 Å². The second-order valence-corrected chi connectivity index (χ2v) is 11.6. The molecule has 1 fully saturated rings. The summed E-state index contributed by atoms with van der Waals surface area (Å²) in [5.74, 6) is 0.792. The van der Waals surface area contributed by atoms with Crippen LogP contribution in [0.15, 0.2) is 29.3 Å². The van der Waals surface area contributed by atoms with Crippen molar-refractivity contribution in [3.63, 3.8) is 0 Å². The third-order valence-electron chi connectivity index (χ3n) is 5.33. The zero-order valence-electron chi connectivity index (χ0n) is 18.7. The lowest BCUT2D eigenvalue weighted by Crippen LogP contribution is -2.39. The minimum Gasteiger partial charge on any atom is -0.372 e. The molecule has 0 amide bonds. The topological polar surface area (TPSA) is 65.0 Å². The summed E-state index contributed by atoms with van der Waals surface area (Å²) in [6.07, 6.45) is 3.89. The first-order valence-electron chi connectivity index (χ1n) is 10.7. The van der Waals surface area contributed by atoms with Gasteiger partial charge in [0.05, 0.1) is 17.0 Å². The lowest BCUT2D eigenvalue weighted by atomic mass is 10.1. The van der Waals surface area contributed by atoms with Crippen molar-refractivity contribution in [2.45, 2.75) is 58.2 Å². The molecular formula is C22H38N4O2S. The quantitative estimate of drug-likeness (QED) is 0.540. The molecule has 0 aromatic heterocycles. The second-order valence-electron chi connectivity index (χ2n) is 8.74. The van der Waals surface area contributed by atoms with E-state index in [9.17, 15) is 8.42 Å². The van der Waals surface area contributed by atoms with Gasteiger partial charge in [-0.25, -0.2) is 8.42 Å². The van der Waals surface area contributed by atoms with Crippen molar-refractivity contribution in [3.8, 4) is 0 Å². The Kier molecular flexibility index (Phi) is 8.37. The number of piperidine rings is 1. The van der Waals surface area contributed by atoms with Gasteiger partial charge in [0.15, 0.2) is 15.8 Å². The van der Waals surface area contributed by atoms with E-state index in [2.05, 4.69) is 39.5 Å². The van der Waals surface area contributed by atoms with E-state index < -0.39 is 14.6 Å². The summed E-state index contributed by atoms with van der Waals surface area (Å²) in [5.41, 5.74) is 2.50. The SMILES string of the molecule is CCNC(=NCCS(=O)(=O)C(C)(C)C)N(C)Cc1ccc(N2CCCCC2)cc1. The minimum atomic E-state index is -3.17. The molecule has 6 nitrogen and oxygen atoms in total. The molecule has 7 heteroatoms. The largest absolute Gasteiger partial charge is 0.372 e. The Morgan fingerprint density at radius 3 is 2.31 bits per heavy atom. The Balaban J connectivity index is 1.98. The summed E-state index contributed by atoms with van der Waals surface area (Å²) in [5, 5.41) is 3.26. The van der Waals surface area contributed by atoms with E-state index in [0.29, 0.717) is 0 Å². The third-order valence-corrected chi connectivity index (χ3v) is 7.91. The number of nitrogens with one attached hydrogen (secondary N) is 1. The van der Waals surface area contributed by atoms with Crippen LogP contribution in [0.5, 0.6) is 0 Å². The van der Waals surface area contributed by atoms with Gasteiger partial charge in [0.1, 0.15) is 0 Å². The van der Waals surface area contributed by atoms with Crippen LogP contribution in [0, 0.1) is 0 Å². The molecule has 1 aliphatic heterocycles. The molecular weight excluding hydrogens is 384 g/mol. The van der Waals surface area contributed by atoms with E-state index in [1.54, 1.807) is 20.8 Å². The van der Waals surface area contributed by atoms with Gasteiger partial charge in [-0.15, -0.1) is 0 Å². The van der Waals surface area contributed by atoms with Gasteiger partial charge in [-0.2, -0.15) is 0 Å². The number of hydrogen-bond acceptors (Lipinski definition) is 4. The van der Waals surface area contributed by atoms with Crippen LogP contribution in [0.4, 0.5) is 5.69 Å². The Morgan fingerprint density at radius 1 is 1.14 bits per heavy atom. The van der Waals surface area contributed by atoms with E-state index in [4.69, 9.17) is 0 Å². The normalized spacial score (nSPS) is 16.0. The van der Waals surface area contributed by atoms with Crippen LogP contribution in [0.2, 0.25) is 0 Å². The highest BCUT2D eigenvalue weighted by molar-refractivity contribution is 7.92. The average Bonchev–Trinajstić information content (AvgIpc) is 2.67. The van der Waals surface area contributed by atoms with Gasteiger partial charge >= 0.3 is 0 Å². The molecule has 164 valence electrons. The number of hydrogen-bond donors (Lipinski definition) is 1. The predicted octanol–water partition coefficient (Wildman–Crippen LogP) is 3.29. The highest BCUT2D eigenvalue weighted by atomic mass is 32.2. The minimum absolute atomic E-state index is 0.0593. The molecule has 29 heavy (non-hydrogen) atoms. The number of sulfone groups is 1. The summed E-state index contributed by atoms with van der Waals surface area (Å²) in [7, 11) is -1.18. The van der Waals surface area contributed by atoms with Crippen molar-refractivity contribution in [2.75, 3.05) is 43.9 Å². The number of benzene rings is 1. The zero-order chi connectivity index (χ0) is 21.5. The van der Waals surface area contributed by atoms with Gasteiger partial charge in [0, 0.05) is 38.9 Å². The molecule has 1 aromatic carbocycles. The Bertz CT molecular complexity index is 761. The van der Waals surface area contributed by atoms with E-state index in [1.165, 1.54) is 30.5 Å². The van der Waals surface area contributed by atoms with Crippen molar-refractivity contribution in [3.05, 3.63) is 29.8 Å². The molecule has 1 heterocycles. The Hall–Kier alpha value is -1.76. The number of nitrogens with zero attached hydrogens (tertiary/aromatic N) is 3. The molecule has 0 radical (unpaired) electrons. The molecule has 0 aliphatic carbocycles. The molecule has 0 bridgehead atoms. The van der Waals surface area contributed by atoms with Crippen LogP contribution >= 0.6 is 0 Å². The van der Waals surface area contributed by atoms with E-state index >= 15 is 0 Å². The number of rotatable bonds is 7. The van der Waals surface area contributed by atoms with Crippen LogP contribution in [0.3, 0.4) is 0 Å². The number of aliphatic imine (C=N–C) groups is 1.